The molecule has 1 amide bonds. The lowest BCUT2D eigenvalue weighted by molar-refractivity contribution is 0.102. The molecule has 198 valence electrons. The van der Waals surface area contributed by atoms with E-state index in [1.165, 1.54) is 24.3 Å². The number of nitrogens with one attached hydrogen (secondary N) is 1. The molecule has 0 radical (unpaired) electrons. The van der Waals surface area contributed by atoms with Crippen molar-refractivity contribution < 1.29 is 17.9 Å². The van der Waals surface area contributed by atoms with E-state index in [0.717, 1.165) is 11.1 Å². The minimum Gasteiger partial charge on any atom is -0.472 e. The molecule has 1 N–H and O–H groups in total. The van der Waals surface area contributed by atoms with Crippen molar-refractivity contribution in [1.82, 2.24) is 0 Å². The van der Waals surface area contributed by atoms with Crippen molar-refractivity contribution in [2.24, 2.45) is 4.99 Å². The molecule has 5 aromatic carbocycles. The third kappa shape index (κ3) is 6.51. The number of rotatable bonds is 8. The molecule has 6 nitrogen and oxygen atoms in total. The van der Waals surface area contributed by atoms with Gasteiger partial charge in [0.25, 0.3) is 5.91 Å². The number of amides is 1. The maximum Gasteiger partial charge on any atom is 0.255 e. The van der Waals surface area contributed by atoms with Gasteiger partial charge >= 0.3 is 0 Å². The first kappa shape index (κ1) is 26.6. The van der Waals surface area contributed by atoms with Gasteiger partial charge in [-0.2, -0.15) is 0 Å². The molecule has 0 aliphatic carbocycles. The van der Waals surface area contributed by atoms with Crippen LogP contribution in [-0.2, 0) is 21.2 Å². The molecule has 0 atom stereocenters. The topological polar surface area (TPSA) is 84.8 Å². The average Bonchev–Trinajstić information content (AvgIpc) is 3.01. The number of aliphatic imine (C=N–C) groups is 1. The van der Waals surface area contributed by atoms with Gasteiger partial charge in [-0.25, -0.2) is 13.4 Å². The van der Waals surface area contributed by atoms with E-state index < -0.39 is 9.84 Å². The molecule has 0 aliphatic rings. The minimum absolute atomic E-state index is 0.0584. The molecule has 0 spiro atoms. The van der Waals surface area contributed by atoms with Crippen molar-refractivity contribution in [3.05, 3.63) is 156 Å². The number of carbonyl (C=O) groups excluding carboxylic acids is 1. The van der Waals surface area contributed by atoms with Crippen LogP contribution in [0.25, 0.3) is 0 Å². The summed E-state index contributed by atoms with van der Waals surface area (Å²) in [5.74, 6) is 0.0556. The monoisotopic (exact) mass is 546 g/mol. The van der Waals surface area contributed by atoms with Gasteiger partial charge in [0.2, 0.25) is 15.7 Å². The van der Waals surface area contributed by atoms with Gasteiger partial charge in [0, 0.05) is 16.8 Å². The molecule has 0 aliphatic heterocycles. The Balaban J connectivity index is 1.42. The molecule has 40 heavy (non-hydrogen) atoms. The van der Waals surface area contributed by atoms with E-state index in [2.05, 4.69) is 10.3 Å². The van der Waals surface area contributed by atoms with E-state index in [4.69, 9.17) is 4.74 Å². The molecule has 7 heteroatoms. The average molecular weight is 547 g/mol. The van der Waals surface area contributed by atoms with Crippen molar-refractivity contribution in [2.75, 3.05) is 5.32 Å². The van der Waals surface area contributed by atoms with Gasteiger partial charge < -0.3 is 10.1 Å². The number of hydrogen-bond donors (Lipinski definition) is 1. The van der Waals surface area contributed by atoms with Crippen LogP contribution in [0.15, 0.2) is 154 Å². The first-order valence-electron chi connectivity index (χ1n) is 12.6. The Bertz CT molecular complexity index is 1740. The molecule has 0 aromatic heterocycles. The lowest BCUT2D eigenvalue weighted by Crippen LogP contribution is -2.12. The SMILES string of the molecule is O=C(Nc1cccc(S(=O)(=O)c2cccc(N=C(OCc3ccccc3)c3ccccc3)c2)c1)c1ccccc1. The second kappa shape index (κ2) is 12.2. The van der Waals surface area contributed by atoms with Crippen LogP contribution in [-0.4, -0.2) is 20.2 Å². The van der Waals surface area contributed by atoms with Gasteiger partial charge in [0.15, 0.2) is 0 Å². The fraction of sp³-hybridized carbons (Fsp3) is 0.0303. The van der Waals surface area contributed by atoms with E-state index in [-0.39, 0.29) is 15.7 Å². The van der Waals surface area contributed by atoms with E-state index in [1.54, 1.807) is 48.5 Å². The van der Waals surface area contributed by atoms with Crippen LogP contribution in [0, 0.1) is 0 Å². The lowest BCUT2D eigenvalue weighted by Gasteiger charge is -2.11. The summed E-state index contributed by atoms with van der Waals surface area (Å²) in [4.78, 5) is 17.4. The number of hydrogen-bond acceptors (Lipinski definition) is 5. The van der Waals surface area contributed by atoms with Crippen LogP contribution in [0.2, 0.25) is 0 Å². The molecule has 0 heterocycles. The van der Waals surface area contributed by atoms with Crippen LogP contribution in [0.4, 0.5) is 11.4 Å². The van der Waals surface area contributed by atoms with E-state index in [1.807, 2.05) is 66.7 Å². The predicted molar refractivity (Wildman–Crippen MR) is 157 cm³/mol. The van der Waals surface area contributed by atoms with Gasteiger partial charge in [0.1, 0.15) is 6.61 Å². The highest BCUT2D eigenvalue weighted by molar-refractivity contribution is 7.91. The highest BCUT2D eigenvalue weighted by atomic mass is 32.2. The van der Waals surface area contributed by atoms with Gasteiger partial charge in [-0.1, -0.05) is 78.9 Å². The quantitative estimate of drug-likeness (QED) is 0.167. The Kier molecular flexibility index (Phi) is 8.13. The van der Waals surface area contributed by atoms with Crippen molar-refractivity contribution in [3.8, 4) is 0 Å². The minimum atomic E-state index is -3.90. The summed E-state index contributed by atoms with van der Waals surface area (Å²) >= 11 is 0. The molecule has 0 unspecified atom stereocenters. The molecule has 5 rings (SSSR count). The summed E-state index contributed by atoms with van der Waals surface area (Å²) in [5, 5.41) is 2.76. The maximum absolute atomic E-state index is 13.6. The standard InChI is InChI=1S/C33H26N2O4S/c36-32(26-14-6-2-7-15-26)34-28-18-10-20-30(22-28)40(37,38)31-21-11-19-29(23-31)35-33(27-16-8-3-9-17-27)39-24-25-12-4-1-5-13-25/h1-23H,24H2,(H,34,36). The van der Waals surface area contributed by atoms with Gasteiger partial charge in [-0.05, 0) is 66.2 Å². The zero-order valence-corrected chi connectivity index (χ0v) is 22.3. The van der Waals surface area contributed by atoms with Crippen LogP contribution >= 0.6 is 0 Å². The zero-order valence-electron chi connectivity index (χ0n) is 21.5. The Morgan fingerprint density at radius 1 is 0.650 bits per heavy atom. The normalized spacial score (nSPS) is 11.6. The van der Waals surface area contributed by atoms with Crippen molar-refractivity contribution in [2.45, 2.75) is 16.4 Å². The summed E-state index contributed by atoms with van der Waals surface area (Å²) in [6.45, 7) is 0.314. The van der Waals surface area contributed by atoms with Crippen molar-refractivity contribution >= 4 is 33.0 Å². The summed E-state index contributed by atoms with van der Waals surface area (Å²) in [6.07, 6.45) is 0. The molecule has 0 saturated carbocycles. The van der Waals surface area contributed by atoms with Gasteiger partial charge in [0.05, 0.1) is 15.5 Å². The first-order chi connectivity index (χ1) is 19.5. The Hall–Kier alpha value is -5.01. The van der Waals surface area contributed by atoms with E-state index in [0.29, 0.717) is 29.4 Å². The second-order valence-electron chi connectivity index (χ2n) is 8.91. The Morgan fingerprint density at radius 3 is 1.90 bits per heavy atom. The van der Waals surface area contributed by atoms with E-state index >= 15 is 0 Å². The van der Waals surface area contributed by atoms with Crippen molar-refractivity contribution in [3.63, 3.8) is 0 Å². The number of sulfone groups is 1. The van der Waals surface area contributed by atoms with Gasteiger partial charge in [-0.15, -0.1) is 0 Å². The largest absolute Gasteiger partial charge is 0.472 e. The van der Waals surface area contributed by atoms with Crippen LogP contribution in [0.3, 0.4) is 0 Å². The fourth-order valence-corrected chi connectivity index (χ4v) is 5.34. The molecular formula is C33H26N2O4S. The third-order valence-corrected chi connectivity index (χ3v) is 7.78. The summed E-state index contributed by atoms with van der Waals surface area (Å²) in [5.41, 5.74) is 3.05. The van der Waals surface area contributed by atoms with Crippen molar-refractivity contribution in [1.29, 1.82) is 0 Å². The Labute approximate surface area is 233 Å². The van der Waals surface area contributed by atoms with Crippen LogP contribution < -0.4 is 5.32 Å². The first-order valence-corrected chi connectivity index (χ1v) is 14.1. The maximum atomic E-state index is 13.6. The molecule has 0 saturated heterocycles. The summed E-state index contributed by atoms with van der Waals surface area (Å²) in [6, 6.07) is 40.5. The highest BCUT2D eigenvalue weighted by Gasteiger charge is 2.19. The number of nitrogens with zero attached hydrogens (tertiary/aromatic N) is 1. The summed E-state index contributed by atoms with van der Waals surface area (Å²) in [7, 11) is -3.90. The number of anilines is 1. The second-order valence-corrected chi connectivity index (χ2v) is 10.9. The van der Waals surface area contributed by atoms with Crippen LogP contribution in [0.5, 0.6) is 0 Å². The number of carbonyl (C=O) groups is 1. The zero-order chi connectivity index (χ0) is 27.8. The predicted octanol–water partition coefficient (Wildman–Crippen LogP) is 7.07. The molecule has 0 fully saturated rings. The van der Waals surface area contributed by atoms with Crippen LogP contribution in [0.1, 0.15) is 21.5 Å². The highest BCUT2D eigenvalue weighted by Crippen LogP contribution is 2.27. The summed E-state index contributed by atoms with van der Waals surface area (Å²) < 4.78 is 33.2. The Morgan fingerprint density at radius 2 is 1.23 bits per heavy atom. The van der Waals surface area contributed by atoms with E-state index in [9.17, 15) is 13.2 Å². The fourth-order valence-electron chi connectivity index (χ4n) is 3.99. The van der Waals surface area contributed by atoms with Gasteiger partial charge in [-0.3, -0.25) is 4.79 Å². The molecule has 0 bridgehead atoms. The third-order valence-electron chi connectivity index (χ3n) is 6.04. The lowest BCUT2D eigenvalue weighted by atomic mass is 10.2. The number of ether oxygens (including phenoxy) is 1. The number of benzene rings is 5. The smallest absolute Gasteiger partial charge is 0.255 e. The molecular weight excluding hydrogens is 520 g/mol. The molecule has 5 aromatic rings.